The number of alkyl halides is 4. The highest BCUT2D eigenvalue weighted by Gasteiger charge is 2.31. The third kappa shape index (κ3) is 3.64. The van der Waals surface area contributed by atoms with Crippen molar-refractivity contribution in [3.63, 3.8) is 0 Å². The third-order valence-electron chi connectivity index (χ3n) is 2.43. The van der Waals surface area contributed by atoms with Crippen molar-refractivity contribution in [3.05, 3.63) is 52.7 Å². The molecule has 0 fully saturated rings. The van der Waals surface area contributed by atoms with Gasteiger partial charge < -0.3 is 4.74 Å². The Hall–Kier alpha value is -1.27. The topological polar surface area (TPSA) is 22.1 Å². The second kappa shape index (κ2) is 6.01. The van der Waals surface area contributed by atoms with Crippen LogP contribution < -0.4 is 4.74 Å². The molecule has 0 atom stereocenters. The maximum atomic E-state index is 12.5. The summed E-state index contributed by atoms with van der Waals surface area (Å²) in [4.78, 5) is 3.60. The monoisotopic (exact) mass is 365 g/mol. The summed E-state index contributed by atoms with van der Waals surface area (Å²) < 4.78 is 42.7. The highest BCUT2D eigenvalue weighted by molar-refractivity contribution is 9.08. The Bertz CT molecular complexity index is 602. The van der Waals surface area contributed by atoms with Crippen LogP contribution in [-0.2, 0) is 11.5 Å². The number of nitrogens with zero attached hydrogens (tertiary/aromatic N) is 1. The lowest BCUT2D eigenvalue weighted by molar-refractivity contribution is -0.137. The second-order valence-electron chi connectivity index (χ2n) is 3.89. The van der Waals surface area contributed by atoms with Gasteiger partial charge in [0.25, 0.3) is 0 Å². The Kier molecular flexibility index (Phi) is 4.55. The van der Waals surface area contributed by atoms with Crippen molar-refractivity contribution in [2.24, 2.45) is 0 Å². The Morgan fingerprint density at radius 3 is 2.35 bits per heavy atom. The summed E-state index contributed by atoms with van der Waals surface area (Å²) in [5.41, 5.74) is 0.133. The smallest absolute Gasteiger partial charge is 0.417 e. The fraction of sp³-hybridized carbons (Fsp3) is 0.154. The molecule has 2 rings (SSSR count). The molecular weight excluding hydrogens is 359 g/mol. The van der Waals surface area contributed by atoms with Gasteiger partial charge >= 0.3 is 6.18 Å². The highest BCUT2D eigenvalue weighted by Crippen LogP contribution is 2.34. The zero-order valence-corrected chi connectivity index (χ0v) is 12.3. The quantitative estimate of drug-likeness (QED) is 0.675. The van der Waals surface area contributed by atoms with Gasteiger partial charge in [-0.2, -0.15) is 13.2 Å². The zero-order valence-electron chi connectivity index (χ0n) is 9.92. The fourth-order valence-corrected chi connectivity index (χ4v) is 1.99. The Labute approximate surface area is 126 Å². The van der Waals surface area contributed by atoms with Crippen LogP contribution in [0.25, 0.3) is 0 Å². The predicted octanol–water partition coefficient (Wildman–Crippen LogP) is 5.44. The molecule has 1 aromatic carbocycles. The first-order valence-electron chi connectivity index (χ1n) is 5.45. The van der Waals surface area contributed by atoms with Crippen LogP contribution in [-0.4, -0.2) is 4.98 Å². The van der Waals surface area contributed by atoms with E-state index in [0.29, 0.717) is 17.3 Å². The van der Waals surface area contributed by atoms with Crippen molar-refractivity contribution in [2.45, 2.75) is 11.5 Å². The van der Waals surface area contributed by atoms with Crippen molar-refractivity contribution < 1.29 is 17.9 Å². The van der Waals surface area contributed by atoms with E-state index in [-0.39, 0.29) is 10.9 Å². The van der Waals surface area contributed by atoms with Gasteiger partial charge in [0.15, 0.2) is 0 Å². The van der Waals surface area contributed by atoms with Gasteiger partial charge in [-0.25, -0.2) is 4.98 Å². The van der Waals surface area contributed by atoms with Crippen LogP contribution in [0.2, 0.25) is 5.02 Å². The maximum Gasteiger partial charge on any atom is 0.417 e. The first-order chi connectivity index (χ1) is 9.40. The van der Waals surface area contributed by atoms with E-state index in [0.717, 1.165) is 11.6 Å². The molecule has 0 aliphatic rings. The molecule has 20 heavy (non-hydrogen) atoms. The number of pyridine rings is 1. The van der Waals surface area contributed by atoms with E-state index < -0.39 is 11.7 Å². The van der Waals surface area contributed by atoms with Gasteiger partial charge in [0.2, 0.25) is 5.88 Å². The molecule has 1 heterocycles. The van der Waals surface area contributed by atoms with Crippen LogP contribution in [0.5, 0.6) is 11.6 Å². The minimum Gasteiger partial charge on any atom is -0.438 e. The first-order valence-corrected chi connectivity index (χ1v) is 6.95. The number of aromatic nitrogens is 1. The fourth-order valence-electron chi connectivity index (χ4n) is 1.41. The lowest BCUT2D eigenvalue weighted by atomic mass is 10.2. The lowest BCUT2D eigenvalue weighted by Crippen LogP contribution is -2.05. The van der Waals surface area contributed by atoms with Crippen molar-refractivity contribution in [3.8, 4) is 11.6 Å². The van der Waals surface area contributed by atoms with E-state index >= 15 is 0 Å². The van der Waals surface area contributed by atoms with Crippen LogP contribution in [0.4, 0.5) is 13.2 Å². The van der Waals surface area contributed by atoms with Crippen molar-refractivity contribution in [1.29, 1.82) is 0 Å². The second-order valence-corrected chi connectivity index (χ2v) is 4.86. The van der Waals surface area contributed by atoms with Gasteiger partial charge in [-0.3, -0.25) is 0 Å². The summed E-state index contributed by atoms with van der Waals surface area (Å²) in [5.74, 6) is 0.384. The largest absolute Gasteiger partial charge is 0.438 e. The van der Waals surface area contributed by atoms with Gasteiger partial charge in [-0.1, -0.05) is 39.7 Å². The molecule has 0 aliphatic carbocycles. The molecular formula is C13H8BrClF3NO. The Morgan fingerprint density at radius 2 is 1.85 bits per heavy atom. The van der Waals surface area contributed by atoms with Crippen LogP contribution in [0, 0.1) is 0 Å². The minimum atomic E-state index is -4.48. The molecule has 0 amide bonds. The SMILES string of the molecule is FC(F)(F)c1cnc(Oc2ccc(CBr)cc2)c(Cl)c1. The molecule has 1 aromatic heterocycles. The van der Waals surface area contributed by atoms with Crippen LogP contribution in [0.15, 0.2) is 36.5 Å². The molecule has 0 radical (unpaired) electrons. The molecule has 0 saturated heterocycles. The average molecular weight is 367 g/mol. The van der Waals surface area contributed by atoms with Gasteiger partial charge in [0.05, 0.1) is 5.56 Å². The molecule has 7 heteroatoms. The van der Waals surface area contributed by atoms with Crippen molar-refractivity contribution in [2.75, 3.05) is 0 Å². The van der Waals surface area contributed by atoms with E-state index in [1.54, 1.807) is 12.1 Å². The lowest BCUT2D eigenvalue weighted by Gasteiger charge is -2.10. The Morgan fingerprint density at radius 1 is 1.20 bits per heavy atom. The van der Waals surface area contributed by atoms with Crippen molar-refractivity contribution >= 4 is 27.5 Å². The van der Waals surface area contributed by atoms with E-state index in [9.17, 15) is 13.2 Å². The molecule has 0 unspecified atom stereocenters. The van der Waals surface area contributed by atoms with Crippen LogP contribution in [0.3, 0.4) is 0 Å². The van der Waals surface area contributed by atoms with Gasteiger partial charge in [-0.15, -0.1) is 0 Å². The van der Waals surface area contributed by atoms with E-state index in [4.69, 9.17) is 16.3 Å². The number of benzene rings is 1. The number of hydrogen-bond donors (Lipinski definition) is 0. The van der Waals surface area contributed by atoms with Gasteiger partial charge in [0.1, 0.15) is 10.8 Å². The molecule has 0 N–H and O–H groups in total. The molecule has 0 bridgehead atoms. The summed E-state index contributed by atoms with van der Waals surface area (Å²) >= 11 is 9.06. The van der Waals surface area contributed by atoms with Crippen LogP contribution in [0.1, 0.15) is 11.1 Å². The summed E-state index contributed by atoms with van der Waals surface area (Å²) in [6, 6.07) is 7.80. The number of ether oxygens (including phenoxy) is 1. The molecule has 0 saturated carbocycles. The van der Waals surface area contributed by atoms with Gasteiger partial charge in [-0.05, 0) is 23.8 Å². The first kappa shape index (κ1) is 15.1. The van der Waals surface area contributed by atoms with Gasteiger partial charge in [0, 0.05) is 11.5 Å². The average Bonchev–Trinajstić information content (AvgIpc) is 2.41. The molecule has 0 aliphatic heterocycles. The summed E-state index contributed by atoms with van der Waals surface area (Å²) in [6.07, 6.45) is -3.79. The number of rotatable bonds is 3. The molecule has 0 spiro atoms. The third-order valence-corrected chi connectivity index (χ3v) is 3.35. The summed E-state index contributed by atoms with van der Waals surface area (Å²) in [6.45, 7) is 0. The number of hydrogen-bond acceptors (Lipinski definition) is 2. The summed E-state index contributed by atoms with van der Waals surface area (Å²) in [5, 5.41) is 0.511. The van der Waals surface area contributed by atoms with E-state index in [2.05, 4.69) is 20.9 Å². The van der Waals surface area contributed by atoms with E-state index in [1.807, 2.05) is 12.1 Å². The Balaban J connectivity index is 2.21. The predicted molar refractivity (Wildman–Crippen MR) is 73.4 cm³/mol. The molecule has 2 aromatic rings. The number of halogens is 5. The summed E-state index contributed by atoms with van der Waals surface area (Å²) in [7, 11) is 0. The minimum absolute atomic E-state index is 0.0636. The van der Waals surface area contributed by atoms with E-state index in [1.165, 1.54) is 0 Å². The van der Waals surface area contributed by atoms with Crippen molar-refractivity contribution in [1.82, 2.24) is 4.98 Å². The zero-order chi connectivity index (χ0) is 14.8. The molecule has 106 valence electrons. The molecule has 2 nitrogen and oxygen atoms in total. The normalized spacial score (nSPS) is 11.4. The van der Waals surface area contributed by atoms with Crippen LogP contribution >= 0.6 is 27.5 Å². The maximum absolute atomic E-state index is 12.5. The highest BCUT2D eigenvalue weighted by atomic mass is 79.9. The standard InChI is InChI=1S/C13H8BrClF3NO/c14-6-8-1-3-10(4-2-8)20-12-11(15)5-9(7-19-12)13(16,17)18/h1-5,7H,6H2.